The van der Waals surface area contributed by atoms with Gasteiger partial charge in [-0.3, -0.25) is 14.2 Å². The maximum absolute atomic E-state index is 12.8. The Morgan fingerprint density at radius 1 is 1.21 bits per heavy atom. The number of carbonyl (C=O) groups excluding carboxylic acids is 1. The molecule has 3 aromatic heterocycles. The fraction of sp³-hybridized carbons (Fsp3) is 0.222. The fourth-order valence-electron chi connectivity index (χ4n) is 2.88. The van der Waals surface area contributed by atoms with Crippen molar-refractivity contribution in [1.29, 1.82) is 0 Å². The van der Waals surface area contributed by atoms with E-state index in [0.717, 1.165) is 6.42 Å². The molecule has 0 atom stereocenters. The average molecular weight is 428 g/mol. The number of hydrogen-bond donors (Lipinski definition) is 1. The molecule has 0 aliphatic rings. The van der Waals surface area contributed by atoms with E-state index < -0.39 is 5.91 Å². The summed E-state index contributed by atoms with van der Waals surface area (Å²) in [5.41, 5.74) is 5.62. The zero-order chi connectivity index (χ0) is 20.2. The molecule has 2 N–H and O–H groups in total. The lowest BCUT2D eigenvalue weighted by molar-refractivity contribution is -0.118. The molecule has 0 spiro atoms. The third-order valence-corrected chi connectivity index (χ3v) is 6.12. The number of carbonyl (C=O) groups is 1. The number of para-hydroxylation sites is 1. The van der Waals surface area contributed by atoms with Gasteiger partial charge in [0.1, 0.15) is 12.4 Å². The summed E-state index contributed by atoms with van der Waals surface area (Å²) in [5.74, 6) is 0.175. The molecule has 4 aromatic rings. The highest BCUT2D eigenvalue weighted by atomic mass is 32.2. The maximum atomic E-state index is 12.8. The lowest BCUT2D eigenvalue weighted by atomic mass is 10.2. The van der Waals surface area contributed by atoms with E-state index in [-0.39, 0.29) is 12.1 Å². The largest absolute Gasteiger partial charge is 0.368 e. The first-order valence-corrected chi connectivity index (χ1v) is 10.7. The maximum Gasteiger partial charge on any atom is 0.261 e. The van der Waals surface area contributed by atoms with Crippen molar-refractivity contribution in [1.82, 2.24) is 29.8 Å². The number of thioether (sulfide) groups is 1. The van der Waals surface area contributed by atoms with Crippen LogP contribution in [0.25, 0.3) is 10.9 Å². The first-order valence-electron chi connectivity index (χ1n) is 8.80. The molecule has 0 fully saturated rings. The van der Waals surface area contributed by atoms with E-state index in [0.29, 0.717) is 34.2 Å². The first-order chi connectivity index (χ1) is 14.1. The molecule has 0 radical (unpaired) electrons. The van der Waals surface area contributed by atoms with E-state index in [2.05, 4.69) is 26.6 Å². The SMILES string of the molecule is NC(=O)Cn1c(CSc2nnnn2CCc2cccs2)nc2ccccc2c1=O. The Hall–Kier alpha value is -3.05. The fourth-order valence-corrected chi connectivity index (χ4v) is 4.43. The second-order valence-electron chi connectivity index (χ2n) is 6.21. The van der Waals surface area contributed by atoms with Crippen molar-refractivity contribution in [2.45, 2.75) is 30.4 Å². The van der Waals surface area contributed by atoms with Crippen LogP contribution in [0.1, 0.15) is 10.7 Å². The Bertz CT molecular complexity index is 1200. The first kappa shape index (κ1) is 19.3. The van der Waals surface area contributed by atoms with E-state index >= 15 is 0 Å². The number of rotatable bonds is 8. The van der Waals surface area contributed by atoms with Gasteiger partial charge in [-0.15, -0.1) is 16.4 Å². The molecule has 29 heavy (non-hydrogen) atoms. The third-order valence-electron chi connectivity index (χ3n) is 4.23. The summed E-state index contributed by atoms with van der Waals surface area (Å²) < 4.78 is 3.04. The lowest BCUT2D eigenvalue weighted by Gasteiger charge is -2.11. The summed E-state index contributed by atoms with van der Waals surface area (Å²) in [6.45, 7) is 0.422. The lowest BCUT2D eigenvalue weighted by Crippen LogP contribution is -2.31. The molecule has 0 bridgehead atoms. The van der Waals surface area contributed by atoms with Crippen LogP contribution < -0.4 is 11.3 Å². The number of fused-ring (bicyclic) bond motifs is 1. The molecule has 0 unspecified atom stereocenters. The monoisotopic (exact) mass is 427 g/mol. The normalized spacial score (nSPS) is 11.2. The van der Waals surface area contributed by atoms with Crippen LogP contribution in [0.2, 0.25) is 0 Å². The van der Waals surface area contributed by atoms with Gasteiger partial charge in [-0.1, -0.05) is 30.0 Å². The van der Waals surface area contributed by atoms with Gasteiger partial charge in [0.2, 0.25) is 11.1 Å². The van der Waals surface area contributed by atoms with Gasteiger partial charge < -0.3 is 5.73 Å². The number of tetrazole rings is 1. The second kappa shape index (κ2) is 8.53. The van der Waals surface area contributed by atoms with Crippen molar-refractivity contribution >= 4 is 39.9 Å². The average Bonchev–Trinajstić information content (AvgIpc) is 3.38. The number of aromatic nitrogens is 6. The van der Waals surface area contributed by atoms with Crippen LogP contribution in [0.15, 0.2) is 51.7 Å². The number of thiophene rings is 1. The summed E-state index contributed by atoms with van der Waals surface area (Å²) in [6, 6.07) is 11.1. The molecule has 3 heterocycles. The zero-order valence-electron chi connectivity index (χ0n) is 15.3. The number of hydrogen-bond acceptors (Lipinski definition) is 8. The van der Waals surface area contributed by atoms with Gasteiger partial charge in [0.15, 0.2) is 0 Å². The predicted octanol–water partition coefficient (Wildman–Crippen LogP) is 1.46. The summed E-state index contributed by atoms with van der Waals surface area (Å²) in [4.78, 5) is 30.1. The van der Waals surface area contributed by atoms with Crippen molar-refractivity contribution in [3.63, 3.8) is 0 Å². The Balaban J connectivity index is 1.57. The Labute approximate surface area is 173 Å². The molecule has 9 nitrogen and oxygen atoms in total. The topological polar surface area (TPSA) is 122 Å². The standard InChI is InChI=1S/C18H17N7O2S2/c19-15(26)10-24-16(20-14-6-2-1-5-13(14)17(24)27)11-29-18-21-22-23-25(18)8-7-12-4-3-9-28-12/h1-6,9H,7-8,10-11H2,(H2,19,26). The van der Waals surface area contributed by atoms with E-state index in [1.165, 1.54) is 21.2 Å². The Morgan fingerprint density at radius 3 is 2.86 bits per heavy atom. The van der Waals surface area contributed by atoms with Crippen molar-refractivity contribution in [3.05, 3.63) is 62.8 Å². The second-order valence-corrected chi connectivity index (χ2v) is 8.18. The van der Waals surface area contributed by atoms with Gasteiger partial charge in [-0.05, 0) is 34.0 Å². The number of aryl methyl sites for hydroxylation is 2. The molecule has 0 saturated heterocycles. The molecule has 148 valence electrons. The van der Waals surface area contributed by atoms with Crippen LogP contribution in [0.4, 0.5) is 0 Å². The van der Waals surface area contributed by atoms with E-state index in [1.807, 2.05) is 17.5 Å². The summed E-state index contributed by atoms with van der Waals surface area (Å²) in [6.07, 6.45) is 0.830. The molecule has 0 aliphatic heterocycles. The highest BCUT2D eigenvalue weighted by Gasteiger charge is 2.15. The molecule has 0 aliphatic carbocycles. The van der Waals surface area contributed by atoms with Gasteiger partial charge in [-0.2, -0.15) is 0 Å². The van der Waals surface area contributed by atoms with Crippen LogP contribution in [0.5, 0.6) is 0 Å². The van der Waals surface area contributed by atoms with Crippen molar-refractivity contribution in [3.8, 4) is 0 Å². The summed E-state index contributed by atoms with van der Waals surface area (Å²) in [7, 11) is 0. The molecular formula is C18H17N7O2S2. The minimum Gasteiger partial charge on any atom is -0.368 e. The number of nitrogens with two attached hydrogens (primary N) is 1. The minimum absolute atomic E-state index is 0.226. The van der Waals surface area contributed by atoms with Gasteiger partial charge >= 0.3 is 0 Å². The Kier molecular flexibility index (Phi) is 5.67. The highest BCUT2D eigenvalue weighted by Crippen LogP contribution is 2.20. The summed E-state index contributed by atoms with van der Waals surface area (Å²) >= 11 is 3.05. The van der Waals surface area contributed by atoms with Crippen LogP contribution in [0.3, 0.4) is 0 Å². The van der Waals surface area contributed by atoms with E-state index in [1.54, 1.807) is 34.2 Å². The quantitative estimate of drug-likeness (QED) is 0.423. The number of amides is 1. The molecule has 11 heteroatoms. The molecule has 1 amide bonds. The molecular weight excluding hydrogens is 410 g/mol. The van der Waals surface area contributed by atoms with Gasteiger partial charge in [0.25, 0.3) is 5.56 Å². The van der Waals surface area contributed by atoms with Crippen LogP contribution in [-0.4, -0.2) is 35.7 Å². The summed E-state index contributed by atoms with van der Waals surface area (Å²) in [5, 5.41) is 15.0. The number of benzene rings is 1. The van der Waals surface area contributed by atoms with Gasteiger partial charge in [0, 0.05) is 11.3 Å². The van der Waals surface area contributed by atoms with Crippen LogP contribution in [-0.2, 0) is 30.1 Å². The predicted molar refractivity (Wildman–Crippen MR) is 111 cm³/mol. The highest BCUT2D eigenvalue weighted by molar-refractivity contribution is 7.98. The van der Waals surface area contributed by atoms with Crippen LogP contribution >= 0.6 is 23.1 Å². The van der Waals surface area contributed by atoms with Crippen molar-refractivity contribution in [2.24, 2.45) is 5.73 Å². The van der Waals surface area contributed by atoms with E-state index in [4.69, 9.17) is 5.73 Å². The van der Waals surface area contributed by atoms with Crippen molar-refractivity contribution in [2.75, 3.05) is 0 Å². The number of primary amides is 1. The molecule has 4 rings (SSSR count). The zero-order valence-corrected chi connectivity index (χ0v) is 16.9. The molecule has 1 aromatic carbocycles. The smallest absolute Gasteiger partial charge is 0.261 e. The van der Waals surface area contributed by atoms with Gasteiger partial charge in [-0.25, -0.2) is 9.67 Å². The number of nitrogens with zero attached hydrogens (tertiary/aromatic N) is 6. The van der Waals surface area contributed by atoms with Crippen molar-refractivity contribution < 1.29 is 4.79 Å². The Morgan fingerprint density at radius 2 is 2.07 bits per heavy atom. The van der Waals surface area contributed by atoms with E-state index in [9.17, 15) is 9.59 Å². The molecule has 0 saturated carbocycles. The van der Waals surface area contributed by atoms with Crippen LogP contribution in [0, 0.1) is 0 Å². The minimum atomic E-state index is -0.601. The van der Waals surface area contributed by atoms with Gasteiger partial charge in [0.05, 0.1) is 23.2 Å². The third kappa shape index (κ3) is 4.35.